The molecule has 0 atom stereocenters. The maximum atomic E-state index is 4.79. The monoisotopic (exact) mass is 239 g/mol. The van der Waals surface area contributed by atoms with E-state index in [1.165, 1.54) is 21.4 Å². The number of pyridine rings is 1. The van der Waals surface area contributed by atoms with Gasteiger partial charge in [0.2, 0.25) is 0 Å². The summed E-state index contributed by atoms with van der Waals surface area (Å²) in [5.74, 6) is 0. The van der Waals surface area contributed by atoms with Gasteiger partial charge in [-0.1, -0.05) is 24.3 Å². The molecule has 0 aliphatic rings. The van der Waals surface area contributed by atoms with Crippen molar-refractivity contribution in [2.45, 2.75) is 13.8 Å². The van der Waals surface area contributed by atoms with Gasteiger partial charge >= 0.3 is 0 Å². The van der Waals surface area contributed by atoms with Gasteiger partial charge in [0.1, 0.15) is 0 Å². The first-order valence-corrected chi connectivity index (χ1v) is 6.54. The van der Waals surface area contributed by atoms with E-state index in [1.807, 2.05) is 0 Å². The Labute approximate surface area is 105 Å². The summed E-state index contributed by atoms with van der Waals surface area (Å²) in [7, 11) is 0. The van der Waals surface area contributed by atoms with Gasteiger partial charge in [0.05, 0.1) is 16.1 Å². The molecular weight excluding hydrogens is 226 g/mol. The van der Waals surface area contributed by atoms with E-state index < -0.39 is 0 Å². The topological polar surface area (TPSA) is 12.9 Å². The van der Waals surface area contributed by atoms with Crippen LogP contribution in [0.15, 0.2) is 41.8 Å². The highest BCUT2D eigenvalue weighted by molar-refractivity contribution is 7.13. The van der Waals surface area contributed by atoms with Crippen LogP contribution in [0.3, 0.4) is 0 Å². The molecular formula is C15H13NS. The van der Waals surface area contributed by atoms with Crippen molar-refractivity contribution in [1.82, 2.24) is 4.98 Å². The summed E-state index contributed by atoms with van der Waals surface area (Å²) < 4.78 is 0. The molecule has 1 aromatic carbocycles. The van der Waals surface area contributed by atoms with Gasteiger partial charge in [0.25, 0.3) is 0 Å². The van der Waals surface area contributed by atoms with Crippen LogP contribution in [-0.2, 0) is 0 Å². The average molecular weight is 239 g/mol. The van der Waals surface area contributed by atoms with E-state index in [9.17, 15) is 0 Å². The zero-order chi connectivity index (χ0) is 11.8. The van der Waals surface area contributed by atoms with Crippen molar-refractivity contribution in [2.75, 3.05) is 0 Å². The second kappa shape index (κ2) is 3.97. The van der Waals surface area contributed by atoms with Gasteiger partial charge in [-0.3, -0.25) is 0 Å². The molecule has 0 saturated carbocycles. The highest BCUT2D eigenvalue weighted by Gasteiger charge is 2.06. The largest absolute Gasteiger partial charge is 0.247 e. The van der Waals surface area contributed by atoms with Gasteiger partial charge in [-0.05, 0) is 42.5 Å². The lowest BCUT2D eigenvalue weighted by Crippen LogP contribution is -1.89. The van der Waals surface area contributed by atoms with Crippen LogP contribution in [0.4, 0.5) is 0 Å². The summed E-state index contributed by atoms with van der Waals surface area (Å²) in [6.45, 7) is 4.27. The van der Waals surface area contributed by atoms with Crippen molar-refractivity contribution in [2.24, 2.45) is 0 Å². The standard InChI is InChI=1S/C15H13NS/c1-10-5-3-6-12-11(2)9-13(16-15(10)12)14-7-4-8-17-14/h3-9H,1-2H3. The Morgan fingerprint density at radius 3 is 2.65 bits per heavy atom. The summed E-state index contributed by atoms with van der Waals surface area (Å²) in [5.41, 5.74) is 4.74. The minimum absolute atomic E-state index is 1.08. The molecule has 3 rings (SSSR count). The Balaban J connectivity index is 2.34. The predicted octanol–water partition coefficient (Wildman–Crippen LogP) is 4.58. The van der Waals surface area contributed by atoms with Gasteiger partial charge in [-0.2, -0.15) is 0 Å². The Hall–Kier alpha value is -1.67. The van der Waals surface area contributed by atoms with Crippen molar-refractivity contribution in [3.63, 3.8) is 0 Å². The molecule has 17 heavy (non-hydrogen) atoms. The Morgan fingerprint density at radius 1 is 1.00 bits per heavy atom. The predicted molar refractivity (Wildman–Crippen MR) is 74.5 cm³/mol. The van der Waals surface area contributed by atoms with E-state index in [4.69, 9.17) is 4.98 Å². The third-order valence-corrected chi connectivity index (χ3v) is 3.91. The fraction of sp³-hybridized carbons (Fsp3) is 0.133. The van der Waals surface area contributed by atoms with Gasteiger partial charge in [0, 0.05) is 5.39 Å². The number of aryl methyl sites for hydroxylation is 2. The number of fused-ring (bicyclic) bond motifs is 1. The second-order valence-corrected chi connectivity index (χ2v) is 5.22. The fourth-order valence-electron chi connectivity index (χ4n) is 2.11. The van der Waals surface area contributed by atoms with Crippen LogP contribution in [0.25, 0.3) is 21.5 Å². The van der Waals surface area contributed by atoms with Crippen LogP contribution in [0, 0.1) is 13.8 Å². The molecule has 84 valence electrons. The molecule has 0 amide bonds. The van der Waals surface area contributed by atoms with E-state index in [2.05, 4.69) is 55.6 Å². The lowest BCUT2D eigenvalue weighted by atomic mass is 10.1. The third-order valence-electron chi connectivity index (χ3n) is 3.02. The maximum Gasteiger partial charge on any atom is 0.0812 e. The molecule has 0 N–H and O–H groups in total. The zero-order valence-electron chi connectivity index (χ0n) is 9.90. The number of thiophene rings is 1. The van der Waals surface area contributed by atoms with Crippen molar-refractivity contribution in [3.8, 4) is 10.6 Å². The summed E-state index contributed by atoms with van der Waals surface area (Å²) in [6.07, 6.45) is 0. The molecule has 2 heterocycles. The molecule has 0 fully saturated rings. The molecule has 2 heteroatoms. The molecule has 3 aromatic rings. The molecule has 0 aliphatic carbocycles. The zero-order valence-corrected chi connectivity index (χ0v) is 10.7. The minimum atomic E-state index is 1.08. The normalized spacial score (nSPS) is 10.9. The SMILES string of the molecule is Cc1cc(-c2cccs2)nc2c(C)cccc12. The van der Waals surface area contributed by atoms with Crippen LogP contribution in [-0.4, -0.2) is 4.98 Å². The van der Waals surface area contributed by atoms with Crippen LogP contribution in [0.5, 0.6) is 0 Å². The number of hydrogen-bond donors (Lipinski definition) is 0. The van der Waals surface area contributed by atoms with E-state index >= 15 is 0 Å². The fourth-order valence-corrected chi connectivity index (χ4v) is 2.80. The number of hydrogen-bond acceptors (Lipinski definition) is 2. The van der Waals surface area contributed by atoms with Crippen LogP contribution in [0.1, 0.15) is 11.1 Å². The van der Waals surface area contributed by atoms with Crippen molar-refractivity contribution in [1.29, 1.82) is 0 Å². The third kappa shape index (κ3) is 1.75. The highest BCUT2D eigenvalue weighted by Crippen LogP contribution is 2.28. The Kier molecular flexibility index (Phi) is 2.45. The molecule has 0 bridgehead atoms. The highest BCUT2D eigenvalue weighted by atomic mass is 32.1. The average Bonchev–Trinajstić information content (AvgIpc) is 2.84. The summed E-state index contributed by atoms with van der Waals surface area (Å²) in [4.78, 5) is 6.02. The number of para-hydroxylation sites is 1. The van der Waals surface area contributed by atoms with Crippen molar-refractivity contribution >= 4 is 22.2 Å². The summed E-state index contributed by atoms with van der Waals surface area (Å²) in [5, 5.41) is 3.35. The lowest BCUT2D eigenvalue weighted by molar-refractivity contribution is 1.34. The quantitative estimate of drug-likeness (QED) is 0.605. The first-order chi connectivity index (χ1) is 8.25. The van der Waals surface area contributed by atoms with E-state index in [0.717, 1.165) is 11.2 Å². The number of nitrogens with zero attached hydrogens (tertiary/aromatic N) is 1. The van der Waals surface area contributed by atoms with Gasteiger partial charge in [-0.25, -0.2) is 4.98 Å². The lowest BCUT2D eigenvalue weighted by Gasteiger charge is -2.07. The summed E-state index contributed by atoms with van der Waals surface area (Å²) in [6, 6.07) is 12.7. The molecule has 0 aliphatic heterocycles. The first kappa shape index (κ1) is 10.5. The van der Waals surface area contributed by atoms with Gasteiger partial charge in [0.15, 0.2) is 0 Å². The van der Waals surface area contributed by atoms with Crippen molar-refractivity contribution < 1.29 is 0 Å². The smallest absolute Gasteiger partial charge is 0.0812 e. The molecule has 0 saturated heterocycles. The first-order valence-electron chi connectivity index (χ1n) is 5.66. The molecule has 1 nitrogen and oxygen atoms in total. The molecule has 2 aromatic heterocycles. The van der Waals surface area contributed by atoms with Gasteiger partial charge in [-0.15, -0.1) is 11.3 Å². The minimum Gasteiger partial charge on any atom is -0.247 e. The van der Waals surface area contributed by atoms with E-state index in [1.54, 1.807) is 11.3 Å². The number of rotatable bonds is 1. The summed E-state index contributed by atoms with van der Waals surface area (Å²) >= 11 is 1.74. The number of aromatic nitrogens is 1. The maximum absolute atomic E-state index is 4.79. The van der Waals surface area contributed by atoms with E-state index in [-0.39, 0.29) is 0 Å². The molecule has 0 radical (unpaired) electrons. The van der Waals surface area contributed by atoms with E-state index in [0.29, 0.717) is 0 Å². The van der Waals surface area contributed by atoms with Crippen LogP contribution >= 0.6 is 11.3 Å². The van der Waals surface area contributed by atoms with Crippen LogP contribution in [0.2, 0.25) is 0 Å². The second-order valence-electron chi connectivity index (χ2n) is 4.27. The number of benzene rings is 1. The van der Waals surface area contributed by atoms with Crippen molar-refractivity contribution in [3.05, 3.63) is 52.9 Å². The Bertz CT molecular complexity index is 669. The molecule has 0 unspecified atom stereocenters. The molecule has 0 spiro atoms. The van der Waals surface area contributed by atoms with Crippen LogP contribution < -0.4 is 0 Å². The Morgan fingerprint density at radius 2 is 1.88 bits per heavy atom. The van der Waals surface area contributed by atoms with Gasteiger partial charge < -0.3 is 0 Å².